The molecule has 1 saturated heterocycles. The minimum atomic E-state index is -0.450. The summed E-state index contributed by atoms with van der Waals surface area (Å²) in [5.74, 6) is 0.122. The summed E-state index contributed by atoms with van der Waals surface area (Å²) < 4.78 is 17.6. The van der Waals surface area contributed by atoms with Crippen molar-refractivity contribution < 1.29 is 9.18 Å². The van der Waals surface area contributed by atoms with Gasteiger partial charge in [-0.3, -0.25) is 4.79 Å². The van der Waals surface area contributed by atoms with E-state index in [0.29, 0.717) is 31.7 Å². The quantitative estimate of drug-likeness (QED) is 0.656. The molecule has 1 aliphatic rings. The van der Waals surface area contributed by atoms with Crippen molar-refractivity contribution in [1.29, 1.82) is 0 Å². The first-order valence-corrected chi connectivity index (χ1v) is 10.0. The van der Waals surface area contributed by atoms with Crippen molar-refractivity contribution in [2.24, 2.45) is 0 Å². The van der Waals surface area contributed by atoms with Gasteiger partial charge in [-0.2, -0.15) is 9.36 Å². The molecular formula is C17H14ClFN4OS2. The molecule has 0 aliphatic carbocycles. The number of halogens is 2. The summed E-state index contributed by atoms with van der Waals surface area (Å²) in [6, 6.07) is 7.83. The number of carbonyl (C=O) groups excluding carboxylic acids is 1. The zero-order chi connectivity index (χ0) is 18.1. The minimum absolute atomic E-state index is 0.141. The Labute approximate surface area is 162 Å². The molecule has 5 nitrogen and oxygen atoms in total. The molecule has 134 valence electrons. The van der Waals surface area contributed by atoms with E-state index in [1.807, 2.05) is 17.5 Å². The van der Waals surface area contributed by atoms with E-state index in [-0.39, 0.29) is 10.9 Å². The summed E-state index contributed by atoms with van der Waals surface area (Å²) in [7, 11) is 0. The van der Waals surface area contributed by atoms with Gasteiger partial charge in [0.1, 0.15) is 5.82 Å². The van der Waals surface area contributed by atoms with Gasteiger partial charge in [0.25, 0.3) is 5.91 Å². The average Bonchev–Trinajstić information content (AvgIpc) is 3.33. The minimum Gasteiger partial charge on any atom is -0.343 e. The van der Waals surface area contributed by atoms with Crippen LogP contribution >= 0.6 is 34.5 Å². The molecule has 26 heavy (non-hydrogen) atoms. The number of thiophene rings is 1. The van der Waals surface area contributed by atoms with Crippen LogP contribution in [0, 0.1) is 5.82 Å². The Hall–Kier alpha value is -2.03. The number of rotatable bonds is 3. The normalized spacial score (nSPS) is 14.7. The Morgan fingerprint density at radius 1 is 1.19 bits per heavy atom. The Bertz CT molecular complexity index is 923. The van der Waals surface area contributed by atoms with Gasteiger partial charge in [-0.1, -0.05) is 17.7 Å². The van der Waals surface area contributed by atoms with Crippen molar-refractivity contribution in [2.45, 2.75) is 0 Å². The van der Waals surface area contributed by atoms with Crippen molar-refractivity contribution >= 4 is 45.5 Å². The second-order valence-electron chi connectivity index (χ2n) is 5.78. The van der Waals surface area contributed by atoms with Gasteiger partial charge in [-0.15, -0.1) is 11.3 Å². The molecule has 1 aliphatic heterocycles. The number of piperazine rings is 1. The van der Waals surface area contributed by atoms with Crippen LogP contribution in [0.2, 0.25) is 5.02 Å². The molecule has 0 radical (unpaired) electrons. The molecule has 0 unspecified atom stereocenters. The van der Waals surface area contributed by atoms with E-state index in [1.165, 1.54) is 29.7 Å². The highest BCUT2D eigenvalue weighted by Crippen LogP contribution is 2.28. The fraction of sp³-hybridized carbons (Fsp3) is 0.235. The van der Waals surface area contributed by atoms with Crippen LogP contribution in [0.4, 0.5) is 9.52 Å². The zero-order valence-electron chi connectivity index (χ0n) is 13.6. The summed E-state index contributed by atoms with van der Waals surface area (Å²) in [6.07, 6.45) is 0. The number of anilines is 1. The van der Waals surface area contributed by atoms with Crippen molar-refractivity contribution in [1.82, 2.24) is 14.3 Å². The van der Waals surface area contributed by atoms with Gasteiger partial charge in [0.2, 0.25) is 5.13 Å². The maximum atomic E-state index is 13.2. The van der Waals surface area contributed by atoms with Crippen LogP contribution < -0.4 is 4.90 Å². The number of amides is 1. The summed E-state index contributed by atoms with van der Waals surface area (Å²) in [5, 5.41) is 3.00. The lowest BCUT2D eigenvalue weighted by Gasteiger charge is -2.34. The molecule has 0 atom stereocenters. The molecule has 1 amide bonds. The third-order valence-electron chi connectivity index (χ3n) is 4.16. The smallest absolute Gasteiger partial charge is 0.255 e. The Morgan fingerprint density at radius 3 is 2.69 bits per heavy atom. The second-order valence-corrected chi connectivity index (χ2v) is 7.87. The lowest BCUT2D eigenvalue weighted by molar-refractivity contribution is 0.0747. The number of benzene rings is 1. The van der Waals surface area contributed by atoms with Gasteiger partial charge >= 0.3 is 0 Å². The van der Waals surface area contributed by atoms with Gasteiger partial charge in [-0.05, 0) is 29.6 Å². The van der Waals surface area contributed by atoms with Gasteiger partial charge in [0.15, 0.2) is 5.82 Å². The fourth-order valence-electron chi connectivity index (χ4n) is 2.78. The summed E-state index contributed by atoms with van der Waals surface area (Å²) >= 11 is 8.99. The monoisotopic (exact) mass is 408 g/mol. The van der Waals surface area contributed by atoms with Gasteiger partial charge in [0.05, 0.1) is 15.5 Å². The first-order chi connectivity index (χ1) is 12.6. The first-order valence-electron chi connectivity index (χ1n) is 7.98. The average molecular weight is 409 g/mol. The molecule has 3 aromatic rings. The van der Waals surface area contributed by atoms with Crippen LogP contribution in [0.25, 0.3) is 10.7 Å². The van der Waals surface area contributed by atoms with E-state index in [9.17, 15) is 9.18 Å². The molecule has 4 rings (SSSR count). The first kappa shape index (κ1) is 17.4. The predicted molar refractivity (Wildman–Crippen MR) is 103 cm³/mol. The van der Waals surface area contributed by atoms with Crippen molar-refractivity contribution in [3.8, 4) is 10.7 Å². The van der Waals surface area contributed by atoms with Crippen molar-refractivity contribution in [3.05, 3.63) is 52.1 Å². The van der Waals surface area contributed by atoms with Crippen molar-refractivity contribution in [2.75, 3.05) is 31.1 Å². The van der Waals surface area contributed by atoms with Gasteiger partial charge < -0.3 is 9.80 Å². The lowest BCUT2D eigenvalue weighted by atomic mass is 10.1. The van der Waals surface area contributed by atoms with Crippen LogP contribution in [0.3, 0.4) is 0 Å². The van der Waals surface area contributed by atoms with Crippen LogP contribution in [0.5, 0.6) is 0 Å². The molecule has 0 saturated carbocycles. The van der Waals surface area contributed by atoms with Crippen molar-refractivity contribution in [3.63, 3.8) is 0 Å². The summed E-state index contributed by atoms with van der Waals surface area (Å²) in [4.78, 5) is 22.1. The third kappa shape index (κ3) is 3.44. The van der Waals surface area contributed by atoms with E-state index in [1.54, 1.807) is 16.2 Å². The molecule has 2 aromatic heterocycles. The number of hydrogen-bond acceptors (Lipinski definition) is 6. The maximum Gasteiger partial charge on any atom is 0.255 e. The standard InChI is InChI=1S/C17H14ClFN4OS2/c18-13-10-11(19)3-4-12(13)16(24)22-5-7-23(8-6-22)17-20-15(21-26-17)14-2-1-9-25-14/h1-4,9-10H,5-8H2. The number of nitrogens with zero attached hydrogens (tertiary/aromatic N) is 4. The Balaban J connectivity index is 1.42. The molecule has 0 bridgehead atoms. The molecule has 0 N–H and O–H groups in total. The largest absolute Gasteiger partial charge is 0.343 e. The van der Waals surface area contributed by atoms with E-state index < -0.39 is 5.82 Å². The molecule has 1 aromatic carbocycles. The van der Waals surface area contributed by atoms with Crippen LogP contribution in [-0.2, 0) is 0 Å². The Kier molecular flexibility index (Phi) is 4.88. The lowest BCUT2D eigenvalue weighted by Crippen LogP contribution is -2.48. The van der Waals surface area contributed by atoms with Crippen LogP contribution in [0.1, 0.15) is 10.4 Å². The number of carbonyl (C=O) groups is 1. The Morgan fingerprint density at radius 2 is 2.00 bits per heavy atom. The van der Waals surface area contributed by atoms with E-state index >= 15 is 0 Å². The van der Waals surface area contributed by atoms with Gasteiger partial charge in [-0.25, -0.2) is 4.39 Å². The molecule has 9 heteroatoms. The summed E-state index contributed by atoms with van der Waals surface area (Å²) in [5.41, 5.74) is 0.331. The molecule has 1 fully saturated rings. The summed E-state index contributed by atoms with van der Waals surface area (Å²) in [6.45, 7) is 2.45. The second kappa shape index (κ2) is 7.30. The zero-order valence-corrected chi connectivity index (χ0v) is 16.0. The van der Waals surface area contributed by atoms with E-state index in [4.69, 9.17) is 11.6 Å². The van der Waals surface area contributed by atoms with E-state index in [0.717, 1.165) is 15.8 Å². The topological polar surface area (TPSA) is 49.3 Å². The van der Waals surface area contributed by atoms with Gasteiger partial charge in [0, 0.05) is 37.7 Å². The van der Waals surface area contributed by atoms with Crippen LogP contribution in [0.15, 0.2) is 35.7 Å². The highest BCUT2D eigenvalue weighted by molar-refractivity contribution is 7.14. The highest BCUT2D eigenvalue weighted by Gasteiger charge is 2.25. The number of hydrogen-bond donors (Lipinski definition) is 0. The third-order valence-corrected chi connectivity index (χ3v) is 6.11. The predicted octanol–water partition coefficient (Wildman–Crippen LogP) is 4.02. The number of aromatic nitrogens is 2. The fourth-order valence-corrected chi connectivity index (χ4v) is 4.48. The molecule has 3 heterocycles. The van der Waals surface area contributed by atoms with Crippen LogP contribution in [-0.4, -0.2) is 46.3 Å². The highest BCUT2D eigenvalue weighted by atomic mass is 35.5. The van der Waals surface area contributed by atoms with E-state index in [2.05, 4.69) is 14.3 Å². The molecular weight excluding hydrogens is 395 g/mol. The molecule has 0 spiro atoms. The maximum absolute atomic E-state index is 13.2. The SMILES string of the molecule is O=C(c1ccc(F)cc1Cl)N1CCN(c2nc(-c3cccs3)ns2)CC1.